The van der Waals surface area contributed by atoms with Gasteiger partial charge < -0.3 is 65.3 Å². The Kier molecular flexibility index (Phi) is 14.8. The number of hydrogen-bond acceptors (Lipinski definition) is 18. The molecule has 0 bridgehead atoms. The maximum absolute atomic E-state index is 13.9. The number of fused-ring (bicyclic) bond motifs is 5. The van der Waals surface area contributed by atoms with Gasteiger partial charge in [0.1, 0.15) is 48.6 Å². The summed E-state index contributed by atoms with van der Waals surface area (Å²) in [5.74, 6) is -0.733. The molecule has 10 N–H and O–H groups in total. The molecular formula is C44H51N9O18P3+. The average Bonchev–Trinajstić information content (AvgIpc) is 3.91. The molecule has 5 aromatic rings. The zero-order valence-electron chi connectivity index (χ0n) is 39.5. The number of nitrogen functional groups attached to an aromatic ring is 1. The van der Waals surface area contributed by atoms with Crippen LogP contribution in [0.2, 0.25) is 0 Å². The lowest BCUT2D eigenvalue weighted by Crippen LogP contribution is -2.41. The normalized spacial score (nSPS) is 20.8. The number of ether oxygens (including phenoxy) is 3. The molecule has 2 aromatic heterocycles. The average molecular weight is 1090 g/mol. The number of carboxylic acid groups (broad SMARTS) is 1. The lowest BCUT2D eigenvalue weighted by atomic mass is 9.85. The lowest BCUT2D eigenvalue weighted by molar-refractivity contribution is -0.0522. The summed E-state index contributed by atoms with van der Waals surface area (Å²) in [5, 5.41) is 28.9. The van der Waals surface area contributed by atoms with Gasteiger partial charge in [-0.1, -0.05) is 0 Å². The second-order valence-corrected chi connectivity index (χ2v) is 21.9. The van der Waals surface area contributed by atoms with Crippen molar-refractivity contribution >= 4 is 69.7 Å². The van der Waals surface area contributed by atoms with E-state index >= 15 is 0 Å². The second-order valence-electron chi connectivity index (χ2n) is 17.4. The van der Waals surface area contributed by atoms with Gasteiger partial charge in [-0.05, 0) is 74.6 Å². The van der Waals surface area contributed by atoms with Crippen molar-refractivity contribution < 1.29 is 85.2 Å². The van der Waals surface area contributed by atoms with Gasteiger partial charge >= 0.3 is 35.5 Å². The van der Waals surface area contributed by atoms with E-state index in [1.54, 1.807) is 0 Å². The number of rotatable bonds is 17. The van der Waals surface area contributed by atoms with Gasteiger partial charge in [0, 0.05) is 71.8 Å². The number of benzene rings is 3. The summed E-state index contributed by atoms with van der Waals surface area (Å²) in [6, 6.07) is 12.5. The molecule has 1 saturated heterocycles. The number of alkyl carbamates (subject to hydrolysis) is 1. The van der Waals surface area contributed by atoms with Crippen LogP contribution in [0.1, 0.15) is 75.9 Å². The Morgan fingerprint density at radius 1 is 0.905 bits per heavy atom. The molecule has 1 fully saturated rings. The molecule has 3 aromatic carbocycles. The van der Waals surface area contributed by atoms with Crippen LogP contribution in [-0.2, 0) is 49.2 Å². The maximum Gasteiger partial charge on any atom is 0.490 e. The Hall–Kier alpha value is -6.18. The fourth-order valence-electron chi connectivity index (χ4n) is 9.57. The third-order valence-corrected chi connectivity index (χ3v) is 16.6. The van der Waals surface area contributed by atoms with Crippen LogP contribution >= 0.6 is 23.5 Å². The van der Waals surface area contributed by atoms with E-state index < -0.39 is 72.6 Å². The first kappa shape index (κ1) is 52.7. The van der Waals surface area contributed by atoms with E-state index in [4.69, 9.17) is 29.7 Å². The topological polar surface area (TPSA) is 379 Å². The van der Waals surface area contributed by atoms with Crippen LogP contribution in [0.25, 0.3) is 16.7 Å². The highest BCUT2D eigenvalue weighted by molar-refractivity contribution is 7.66. The third-order valence-electron chi connectivity index (χ3n) is 12.8. The summed E-state index contributed by atoms with van der Waals surface area (Å²) in [5.41, 5.74) is 11.0. The molecule has 394 valence electrons. The number of phosphoric ester groups is 1. The van der Waals surface area contributed by atoms with Crippen molar-refractivity contribution in [2.75, 3.05) is 56.5 Å². The van der Waals surface area contributed by atoms with Gasteiger partial charge in [-0.3, -0.25) is 13.9 Å². The van der Waals surface area contributed by atoms with Crippen LogP contribution in [0.4, 0.5) is 16.3 Å². The first-order chi connectivity index (χ1) is 35.1. The number of nitrogens with one attached hydrogen (secondary N) is 2. The van der Waals surface area contributed by atoms with E-state index in [9.17, 15) is 48.1 Å². The molecule has 4 aliphatic heterocycles. The molecular weight excluding hydrogens is 1040 g/mol. The molecule has 2 amide bonds. The zero-order valence-corrected chi connectivity index (χ0v) is 42.2. The summed E-state index contributed by atoms with van der Waals surface area (Å²) in [4.78, 5) is 91.9. The van der Waals surface area contributed by atoms with Crippen molar-refractivity contribution in [3.8, 4) is 11.5 Å². The largest absolute Gasteiger partial charge is 0.490 e. The SMILES string of the molecule is CCN1CCCc2cc3c(cc21)Oc1cc2c(cc1=C3c1cc(C(=O)NCCNC(=O)O[C@@H]3[C@H](O)[C@@H](COP(=O)(O)OP(=O)(O)OP(=O)(O)O)O[C@H]3n3cnc4c(N)ncnc43)ccc1C(=O)O)CCC[N+]=2CC. The number of aryl methyl sites for hydroxylation is 2. The van der Waals surface area contributed by atoms with Crippen molar-refractivity contribution in [2.24, 2.45) is 0 Å². The van der Waals surface area contributed by atoms with E-state index in [-0.39, 0.29) is 41.2 Å². The molecule has 2 unspecified atom stereocenters. The van der Waals surface area contributed by atoms with Gasteiger partial charge in [-0.2, -0.15) is 8.62 Å². The summed E-state index contributed by atoms with van der Waals surface area (Å²) in [6.45, 7) is 6.01. The first-order valence-electron chi connectivity index (χ1n) is 23.2. The molecule has 0 saturated carbocycles. The highest BCUT2D eigenvalue weighted by atomic mass is 31.3. The van der Waals surface area contributed by atoms with Crippen LogP contribution < -0.4 is 41.2 Å². The molecule has 0 radical (unpaired) electrons. The van der Waals surface area contributed by atoms with E-state index in [1.165, 1.54) is 22.8 Å². The summed E-state index contributed by atoms with van der Waals surface area (Å²) in [7, 11) is -17.3. The Balaban J connectivity index is 0.935. The third kappa shape index (κ3) is 11.0. The number of aliphatic hydroxyl groups excluding tert-OH is 1. The number of carbonyl (C=O) groups is 3. The highest BCUT2D eigenvalue weighted by Crippen LogP contribution is 2.66. The van der Waals surface area contributed by atoms with Crippen molar-refractivity contribution in [3.05, 3.63) is 99.1 Å². The molecule has 0 aliphatic carbocycles. The second kappa shape index (κ2) is 20.9. The Morgan fingerprint density at radius 3 is 2.42 bits per heavy atom. The minimum absolute atomic E-state index is 0.0344. The molecule has 6 heterocycles. The highest BCUT2D eigenvalue weighted by Gasteiger charge is 2.50. The van der Waals surface area contributed by atoms with Gasteiger partial charge in [0.05, 0.1) is 24.6 Å². The van der Waals surface area contributed by atoms with Gasteiger partial charge in [0.15, 0.2) is 23.8 Å². The molecule has 9 rings (SSSR count). The summed E-state index contributed by atoms with van der Waals surface area (Å²) >= 11 is 0. The fraction of sp³-hybridized carbons (Fsp3) is 0.386. The van der Waals surface area contributed by atoms with E-state index in [1.807, 2.05) is 12.1 Å². The monoisotopic (exact) mass is 1090 g/mol. The zero-order chi connectivity index (χ0) is 52.9. The van der Waals surface area contributed by atoms with Crippen LogP contribution in [0.3, 0.4) is 0 Å². The number of phosphoric acid groups is 3. The molecule has 4 aliphatic rings. The van der Waals surface area contributed by atoms with Crippen LogP contribution in [0.5, 0.6) is 11.5 Å². The van der Waals surface area contributed by atoms with Crippen molar-refractivity contribution in [2.45, 2.75) is 64.1 Å². The Morgan fingerprint density at radius 2 is 1.68 bits per heavy atom. The maximum atomic E-state index is 13.9. The quantitative estimate of drug-likeness (QED) is 0.0357. The standard InChI is InChI=1S/C44H50N9O18P3/c1-3-51-13-5-7-23-15-28-32(18-30(23)51)67-33-19-31-24(8-6-14-52(31)4-2)16-29(33)35(28)27-17-25(9-10-26(27)43(56)57)41(55)46-11-12-47-44(58)69-38-37(54)34(20-66-73(62,63)71-74(64,65)70-72(59,60)61)68-42(38)53-22-50-36-39(45)48-21-49-40(36)53/h9-10,15-19,21-22,34,37-38,42,54H,3-8,11-14,20H2,1-2H3,(H8-,45,46,47,48,49,55,56,57,58,59,60,61,62,63,64,65)/p+1/t34-,37-,38-,42-/m1/s1. The van der Waals surface area contributed by atoms with Gasteiger partial charge in [-0.25, -0.2) is 42.8 Å². The smallest absolute Gasteiger partial charge is 0.478 e. The summed E-state index contributed by atoms with van der Waals surface area (Å²) in [6.07, 6.45) is -2.15. The molecule has 27 nitrogen and oxygen atoms in total. The molecule has 30 heteroatoms. The Labute approximate surface area is 419 Å². The summed E-state index contributed by atoms with van der Waals surface area (Å²) < 4.78 is 69.1. The predicted molar refractivity (Wildman–Crippen MR) is 258 cm³/mol. The number of amides is 2. The van der Waals surface area contributed by atoms with Gasteiger partial charge in [0.2, 0.25) is 5.36 Å². The van der Waals surface area contributed by atoms with E-state index in [0.717, 1.165) is 86.7 Å². The van der Waals surface area contributed by atoms with E-state index in [0.29, 0.717) is 33.4 Å². The van der Waals surface area contributed by atoms with Gasteiger partial charge in [-0.15, -0.1) is 0 Å². The number of carbonyl (C=O) groups excluding carboxylic acids is 2. The first-order valence-corrected chi connectivity index (χ1v) is 27.7. The number of hydrogen-bond donors (Lipinski definition) is 9. The Bertz CT molecular complexity index is 3370. The van der Waals surface area contributed by atoms with Crippen LogP contribution in [0, 0.1) is 0 Å². The number of aliphatic hydroxyl groups is 1. The lowest BCUT2D eigenvalue weighted by Gasteiger charge is -2.32. The number of carboxylic acids is 1. The fourth-order valence-corrected chi connectivity index (χ4v) is 12.6. The number of aromatic carboxylic acids is 1. The number of imidazole rings is 1. The predicted octanol–water partition coefficient (Wildman–Crippen LogP) is 1.82. The van der Waals surface area contributed by atoms with Gasteiger partial charge in [0.25, 0.3) is 5.91 Å². The number of aromatic nitrogens is 4. The molecule has 6 atom stereocenters. The molecule has 74 heavy (non-hydrogen) atoms. The van der Waals surface area contributed by atoms with Crippen LogP contribution in [-0.4, -0.2) is 131 Å². The molecule has 0 spiro atoms. The van der Waals surface area contributed by atoms with Crippen molar-refractivity contribution in [1.82, 2.24) is 34.7 Å². The minimum atomic E-state index is -5.89. The van der Waals surface area contributed by atoms with E-state index in [2.05, 4.69) is 74.2 Å². The number of nitrogens with zero attached hydrogens (tertiary/aromatic N) is 6. The minimum Gasteiger partial charge on any atom is -0.478 e. The number of nitrogens with two attached hydrogens (primary N) is 1. The van der Waals surface area contributed by atoms with Crippen LogP contribution in [0.15, 0.2) is 55.1 Å². The van der Waals surface area contributed by atoms with Crippen molar-refractivity contribution in [1.29, 1.82) is 0 Å². The number of anilines is 2. The van der Waals surface area contributed by atoms with Crippen molar-refractivity contribution in [3.63, 3.8) is 0 Å².